The Morgan fingerprint density at radius 2 is 1.73 bits per heavy atom. The number of aryl methyl sites for hydroxylation is 1. The monoisotopic (exact) mass is 441 g/mol. The average molecular weight is 441 g/mol. The number of hydrogen-bond donors (Lipinski definition) is 1. The van der Waals surface area contributed by atoms with E-state index in [-0.39, 0.29) is 17.9 Å². The zero-order chi connectivity index (χ0) is 22.3. The highest BCUT2D eigenvalue weighted by molar-refractivity contribution is 7.92. The fourth-order valence-corrected chi connectivity index (χ4v) is 3.82. The average Bonchev–Trinajstić information content (AvgIpc) is 2.91. The molecule has 0 spiro atoms. The van der Waals surface area contributed by atoms with Gasteiger partial charge in [0.2, 0.25) is 5.88 Å². The van der Waals surface area contributed by atoms with E-state index in [1.165, 1.54) is 11.5 Å². The fraction of sp³-hybridized carbons (Fsp3) is 0.263. The Bertz CT molecular complexity index is 1240. The first-order chi connectivity index (χ1) is 14.0. The second kappa shape index (κ2) is 7.63. The summed E-state index contributed by atoms with van der Waals surface area (Å²) in [6, 6.07) is 5.32. The van der Waals surface area contributed by atoms with E-state index in [1.54, 1.807) is 18.5 Å². The molecule has 30 heavy (non-hydrogen) atoms. The van der Waals surface area contributed by atoms with Crippen LogP contribution >= 0.6 is 0 Å². The number of aromatic hydroxyl groups is 1. The van der Waals surface area contributed by atoms with Crippen molar-refractivity contribution in [3.8, 4) is 11.6 Å². The maximum absolute atomic E-state index is 12.9. The molecule has 3 aromatic rings. The number of nitrogens with zero attached hydrogens (tertiary/aromatic N) is 3. The first kappa shape index (κ1) is 21.6. The van der Waals surface area contributed by atoms with Crippen LogP contribution in [-0.4, -0.2) is 33.2 Å². The number of hydrogen-bond acceptors (Lipinski definition) is 5. The largest absolute Gasteiger partial charge is 0.501 e. The van der Waals surface area contributed by atoms with E-state index < -0.39 is 31.8 Å². The maximum atomic E-state index is 12.9. The van der Waals surface area contributed by atoms with Gasteiger partial charge >= 0.3 is 11.2 Å². The van der Waals surface area contributed by atoms with Gasteiger partial charge in [0.25, 0.3) is 9.84 Å². The highest BCUT2D eigenvalue weighted by Crippen LogP contribution is 2.31. The number of imidazole rings is 1. The number of sulfone groups is 1. The Kier molecular flexibility index (Phi) is 5.50. The Morgan fingerprint density at radius 1 is 1.10 bits per heavy atom. The van der Waals surface area contributed by atoms with Crippen molar-refractivity contribution in [3.05, 3.63) is 70.0 Å². The Morgan fingerprint density at radius 3 is 2.30 bits per heavy atom. The molecule has 0 amide bonds. The number of aromatic nitrogens is 3. The van der Waals surface area contributed by atoms with E-state index in [0.29, 0.717) is 6.42 Å². The smallest absolute Gasteiger partial charge is 0.493 e. The molecule has 0 aliphatic rings. The van der Waals surface area contributed by atoms with Gasteiger partial charge in [0.15, 0.2) is 0 Å². The lowest BCUT2D eigenvalue weighted by molar-refractivity contribution is -0.0436. The molecule has 0 aliphatic carbocycles. The predicted molar refractivity (Wildman–Crippen MR) is 102 cm³/mol. The molecule has 11 heteroatoms. The van der Waals surface area contributed by atoms with E-state index in [0.717, 1.165) is 40.0 Å². The number of alkyl halides is 3. The number of halogens is 3. The van der Waals surface area contributed by atoms with Crippen molar-refractivity contribution in [2.45, 2.75) is 37.2 Å². The summed E-state index contributed by atoms with van der Waals surface area (Å²) in [6.07, 6.45) is 3.97. The molecular formula is C19H18F3N3O4S. The van der Waals surface area contributed by atoms with Gasteiger partial charge in [-0.2, -0.15) is 13.2 Å². The zero-order valence-corrected chi connectivity index (χ0v) is 16.8. The summed E-state index contributed by atoms with van der Waals surface area (Å²) in [7, 11) is -5.51. The summed E-state index contributed by atoms with van der Waals surface area (Å²) >= 11 is 0. The highest BCUT2D eigenvalue weighted by Gasteiger charge is 2.46. The second-order valence-corrected chi connectivity index (χ2v) is 8.50. The lowest BCUT2D eigenvalue weighted by Gasteiger charge is -2.09. The molecule has 2 aromatic heterocycles. The third kappa shape index (κ3) is 3.60. The van der Waals surface area contributed by atoms with Gasteiger partial charge in [-0.3, -0.25) is 9.55 Å². The maximum Gasteiger partial charge on any atom is 0.501 e. The van der Waals surface area contributed by atoms with Gasteiger partial charge in [0.1, 0.15) is 0 Å². The van der Waals surface area contributed by atoms with Crippen molar-refractivity contribution in [3.63, 3.8) is 0 Å². The normalized spacial score (nSPS) is 12.3. The van der Waals surface area contributed by atoms with Crippen LogP contribution in [0.5, 0.6) is 5.88 Å². The minimum Gasteiger partial charge on any atom is -0.493 e. The van der Waals surface area contributed by atoms with E-state index >= 15 is 0 Å². The van der Waals surface area contributed by atoms with Crippen molar-refractivity contribution in [2.24, 2.45) is 0 Å². The molecule has 3 rings (SSSR count). The number of benzene rings is 1. The standard InChI is InChI=1S/C19H18F3N3O4S/c1-3-13-10-23-9-8-14(13)11-24-12(2)17(26)25(18(24)27)15-4-6-16(7-5-15)30(28,29)19(20,21)22/h4-10,26H,3,11H2,1-2H3. The summed E-state index contributed by atoms with van der Waals surface area (Å²) in [6.45, 7) is 3.63. The molecule has 0 fully saturated rings. The van der Waals surface area contributed by atoms with Crippen LogP contribution < -0.4 is 5.69 Å². The molecule has 0 saturated heterocycles. The molecule has 160 valence electrons. The zero-order valence-electron chi connectivity index (χ0n) is 16.0. The molecule has 0 aliphatic heterocycles. The summed E-state index contributed by atoms with van der Waals surface area (Å²) in [4.78, 5) is 16.0. The summed E-state index contributed by atoms with van der Waals surface area (Å²) in [5.74, 6) is -0.390. The minimum absolute atomic E-state index is 0.0333. The van der Waals surface area contributed by atoms with Crippen molar-refractivity contribution in [2.75, 3.05) is 0 Å². The van der Waals surface area contributed by atoms with Crippen molar-refractivity contribution >= 4 is 9.84 Å². The summed E-state index contributed by atoms with van der Waals surface area (Å²) < 4.78 is 63.4. The van der Waals surface area contributed by atoms with Gasteiger partial charge in [-0.1, -0.05) is 6.92 Å². The quantitative estimate of drug-likeness (QED) is 0.657. The van der Waals surface area contributed by atoms with Gasteiger partial charge in [-0.15, -0.1) is 0 Å². The molecule has 1 N–H and O–H groups in total. The van der Waals surface area contributed by atoms with Gasteiger partial charge in [-0.25, -0.2) is 17.8 Å². The van der Waals surface area contributed by atoms with Crippen molar-refractivity contribution < 1.29 is 26.7 Å². The first-order valence-electron chi connectivity index (χ1n) is 8.83. The van der Waals surface area contributed by atoms with Crippen LogP contribution in [-0.2, 0) is 22.8 Å². The minimum atomic E-state index is -5.51. The van der Waals surface area contributed by atoms with E-state index in [9.17, 15) is 31.5 Å². The van der Waals surface area contributed by atoms with Crippen molar-refractivity contribution in [1.29, 1.82) is 0 Å². The first-order valence-corrected chi connectivity index (χ1v) is 10.3. The molecule has 0 radical (unpaired) electrons. The molecular weight excluding hydrogens is 423 g/mol. The van der Waals surface area contributed by atoms with Gasteiger partial charge in [0, 0.05) is 12.4 Å². The SMILES string of the molecule is CCc1cnccc1Cn1c(C)c(O)n(-c2ccc(S(=O)(=O)C(F)(F)F)cc2)c1=O. The van der Waals surface area contributed by atoms with Crippen LogP contribution in [0.25, 0.3) is 5.69 Å². The van der Waals surface area contributed by atoms with Crippen LogP contribution in [0.3, 0.4) is 0 Å². The Labute approximate surface area is 170 Å². The third-order valence-electron chi connectivity index (χ3n) is 4.79. The molecule has 0 bridgehead atoms. The van der Waals surface area contributed by atoms with Crippen LogP contribution in [0, 0.1) is 6.92 Å². The lowest BCUT2D eigenvalue weighted by Crippen LogP contribution is -2.25. The lowest BCUT2D eigenvalue weighted by atomic mass is 10.1. The van der Waals surface area contributed by atoms with Gasteiger partial charge in [-0.05, 0) is 54.8 Å². The highest BCUT2D eigenvalue weighted by atomic mass is 32.2. The van der Waals surface area contributed by atoms with Crippen LogP contribution in [0.2, 0.25) is 0 Å². The van der Waals surface area contributed by atoms with Crippen LogP contribution in [0.1, 0.15) is 23.7 Å². The van der Waals surface area contributed by atoms with Crippen molar-refractivity contribution in [1.82, 2.24) is 14.1 Å². The summed E-state index contributed by atoms with van der Waals surface area (Å²) in [5.41, 5.74) is -4.00. The second-order valence-electron chi connectivity index (χ2n) is 6.55. The van der Waals surface area contributed by atoms with Gasteiger partial charge in [0.05, 0.1) is 22.8 Å². The van der Waals surface area contributed by atoms with E-state index in [4.69, 9.17) is 0 Å². The summed E-state index contributed by atoms with van der Waals surface area (Å²) in [5, 5.41) is 10.4. The Balaban J connectivity index is 2.05. The van der Waals surface area contributed by atoms with Crippen LogP contribution in [0.15, 0.2) is 52.4 Å². The molecule has 7 nitrogen and oxygen atoms in total. The molecule has 1 aromatic carbocycles. The number of pyridine rings is 1. The fourth-order valence-electron chi connectivity index (χ4n) is 3.06. The van der Waals surface area contributed by atoms with Crippen LogP contribution in [0.4, 0.5) is 13.2 Å². The molecule has 0 unspecified atom stereocenters. The Hall–Kier alpha value is -3.08. The molecule has 0 saturated carbocycles. The van der Waals surface area contributed by atoms with E-state index in [1.807, 2.05) is 6.92 Å². The number of rotatable bonds is 5. The molecule has 2 heterocycles. The molecule has 0 atom stereocenters. The van der Waals surface area contributed by atoms with Gasteiger partial charge < -0.3 is 5.11 Å². The predicted octanol–water partition coefficient (Wildman–Crippen LogP) is 2.95. The van der Waals surface area contributed by atoms with E-state index in [2.05, 4.69) is 4.98 Å². The topological polar surface area (TPSA) is 94.2 Å². The third-order valence-corrected chi connectivity index (χ3v) is 6.29.